The van der Waals surface area contributed by atoms with E-state index in [9.17, 15) is 4.79 Å². The molecule has 1 atom stereocenters. The van der Waals surface area contributed by atoms with Crippen LogP contribution in [0.2, 0.25) is 5.02 Å². The van der Waals surface area contributed by atoms with Crippen LogP contribution in [0.25, 0.3) is 0 Å². The predicted molar refractivity (Wildman–Crippen MR) is 96.4 cm³/mol. The van der Waals surface area contributed by atoms with Gasteiger partial charge in [-0.3, -0.25) is 9.69 Å². The Morgan fingerprint density at radius 3 is 2.36 bits per heavy atom. The molecule has 1 unspecified atom stereocenters. The van der Waals surface area contributed by atoms with Crippen molar-refractivity contribution in [2.75, 3.05) is 39.8 Å². The summed E-state index contributed by atoms with van der Waals surface area (Å²) < 4.78 is 0. The van der Waals surface area contributed by atoms with Gasteiger partial charge in [-0.1, -0.05) is 23.7 Å². The molecule has 2 rings (SSSR count). The normalized spacial score (nSPS) is 16.1. The molecule has 1 heterocycles. The number of amides is 1. The molecule has 1 aromatic rings. The molecule has 1 saturated heterocycles. The summed E-state index contributed by atoms with van der Waals surface area (Å²) in [5.41, 5.74) is 1.10. The Labute approximate surface area is 150 Å². The number of benzene rings is 1. The predicted octanol–water partition coefficient (Wildman–Crippen LogP) is 2.61. The van der Waals surface area contributed by atoms with Crippen LogP contribution in [0, 0.1) is 0 Å². The Kier molecular flexibility index (Phi) is 10.0. The molecule has 1 aliphatic heterocycles. The lowest BCUT2D eigenvalue weighted by Gasteiger charge is -2.31. The number of nitrogens with one attached hydrogen (secondary N) is 1. The van der Waals surface area contributed by atoms with Crippen LogP contribution in [0.1, 0.15) is 18.5 Å². The van der Waals surface area contributed by atoms with Crippen molar-refractivity contribution >= 4 is 42.3 Å². The monoisotopic (exact) mass is 367 g/mol. The Balaban J connectivity index is 0.00000220. The van der Waals surface area contributed by atoms with Gasteiger partial charge in [0, 0.05) is 38.2 Å². The topological polar surface area (TPSA) is 35.6 Å². The summed E-state index contributed by atoms with van der Waals surface area (Å²) in [6.45, 7) is 6.34. The number of carbonyl (C=O) groups excluding carboxylic acids is 1. The third kappa shape index (κ3) is 5.94. The quantitative estimate of drug-likeness (QED) is 0.887. The molecule has 0 bridgehead atoms. The van der Waals surface area contributed by atoms with Crippen LogP contribution in [-0.2, 0) is 4.79 Å². The molecule has 1 amide bonds. The molecular weight excluding hydrogens is 345 g/mol. The van der Waals surface area contributed by atoms with Crippen LogP contribution >= 0.6 is 36.4 Å². The number of likely N-dealkylation sites (N-methyl/N-ethyl adjacent to an activating group) is 1. The maximum absolute atomic E-state index is 12.3. The fourth-order valence-corrected chi connectivity index (χ4v) is 2.48. The second-order valence-electron chi connectivity index (χ2n) is 5.26. The van der Waals surface area contributed by atoms with Crippen molar-refractivity contribution in [2.45, 2.75) is 13.0 Å². The van der Waals surface area contributed by atoms with E-state index in [4.69, 9.17) is 11.6 Å². The first-order valence-electron chi connectivity index (χ1n) is 7.02. The van der Waals surface area contributed by atoms with E-state index in [2.05, 4.69) is 10.2 Å². The van der Waals surface area contributed by atoms with Gasteiger partial charge in [0.25, 0.3) is 0 Å². The first-order valence-corrected chi connectivity index (χ1v) is 7.40. The lowest BCUT2D eigenvalue weighted by Crippen LogP contribution is -2.48. The Hall–Kier alpha value is -0.520. The van der Waals surface area contributed by atoms with Crippen molar-refractivity contribution < 1.29 is 4.79 Å². The van der Waals surface area contributed by atoms with Gasteiger partial charge in [0.1, 0.15) is 0 Å². The zero-order chi connectivity index (χ0) is 14.5. The van der Waals surface area contributed by atoms with Crippen LogP contribution in [0.3, 0.4) is 0 Å². The van der Waals surface area contributed by atoms with E-state index in [1.165, 1.54) is 0 Å². The van der Waals surface area contributed by atoms with E-state index in [1.54, 1.807) is 0 Å². The summed E-state index contributed by atoms with van der Waals surface area (Å²) in [6, 6.07) is 7.73. The standard InChI is InChI=1S/C15H22ClN3O.2ClH/c1-12(13-3-5-14(16)6-4-13)18(2)15(20)11-19-9-7-17-8-10-19;;/h3-6,12,17H,7-11H2,1-2H3;2*1H. The van der Waals surface area contributed by atoms with Crippen LogP contribution in [-0.4, -0.2) is 55.5 Å². The number of carbonyl (C=O) groups is 1. The van der Waals surface area contributed by atoms with Gasteiger partial charge in [0.05, 0.1) is 12.6 Å². The third-order valence-electron chi connectivity index (χ3n) is 3.90. The number of nitrogens with zero attached hydrogens (tertiary/aromatic N) is 2. The largest absolute Gasteiger partial charge is 0.338 e. The first kappa shape index (κ1) is 21.5. The molecule has 1 fully saturated rings. The summed E-state index contributed by atoms with van der Waals surface area (Å²) in [4.78, 5) is 16.3. The zero-order valence-electron chi connectivity index (χ0n) is 12.9. The molecule has 22 heavy (non-hydrogen) atoms. The molecule has 4 nitrogen and oxygen atoms in total. The fraction of sp³-hybridized carbons (Fsp3) is 0.533. The van der Waals surface area contributed by atoms with Gasteiger partial charge < -0.3 is 10.2 Å². The summed E-state index contributed by atoms with van der Waals surface area (Å²) in [5, 5.41) is 4.01. The molecule has 1 aromatic carbocycles. The lowest BCUT2D eigenvalue weighted by molar-refractivity contribution is -0.133. The minimum Gasteiger partial charge on any atom is -0.338 e. The number of halogens is 3. The average molecular weight is 369 g/mol. The molecule has 0 aromatic heterocycles. The third-order valence-corrected chi connectivity index (χ3v) is 4.15. The molecule has 1 N–H and O–H groups in total. The molecule has 1 aliphatic rings. The highest BCUT2D eigenvalue weighted by Gasteiger charge is 2.20. The van der Waals surface area contributed by atoms with Crippen molar-refractivity contribution in [3.05, 3.63) is 34.9 Å². The smallest absolute Gasteiger partial charge is 0.236 e. The van der Waals surface area contributed by atoms with Crippen molar-refractivity contribution in [1.82, 2.24) is 15.1 Å². The highest BCUT2D eigenvalue weighted by molar-refractivity contribution is 6.30. The minimum atomic E-state index is 0. The van der Waals surface area contributed by atoms with Gasteiger partial charge in [-0.2, -0.15) is 0 Å². The van der Waals surface area contributed by atoms with E-state index < -0.39 is 0 Å². The average Bonchev–Trinajstić information content (AvgIpc) is 2.47. The van der Waals surface area contributed by atoms with Gasteiger partial charge in [0.15, 0.2) is 0 Å². The van der Waals surface area contributed by atoms with E-state index in [0.29, 0.717) is 6.54 Å². The molecule has 7 heteroatoms. The molecule has 0 aliphatic carbocycles. The van der Waals surface area contributed by atoms with Gasteiger partial charge in [-0.25, -0.2) is 0 Å². The minimum absolute atomic E-state index is 0. The van der Waals surface area contributed by atoms with Crippen molar-refractivity contribution in [2.24, 2.45) is 0 Å². The van der Waals surface area contributed by atoms with Crippen LogP contribution in [0.5, 0.6) is 0 Å². The molecule has 0 radical (unpaired) electrons. The Morgan fingerprint density at radius 1 is 1.27 bits per heavy atom. The highest BCUT2D eigenvalue weighted by Crippen LogP contribution is 2.21. The lowest BCUT2D eigenvalue weighted by atomic mass is 10.1. The van der Waals surface area contributed by atoms with Gasteiger partial charge in [-0.15, -0.1) is 24.8 Å². The van der Waals surface area contributed by atoms with Crippen LogP contribution < -0.4 is 5.32 Å². The van der Waals surface area contributed by atoms with Crippen LogP contribution in [0.15, 0.2) is 24.3 Å². The van der Waals surface area contributed by atoms with Crippen molar-refractivity contribution in [3.8, 4) is 0 Å². The molecule has 0 spiro atoms. The van der Waals surface area contributed by atoms with Crippen molar-refractivity contribution in [3.63, 3.8) is 0 Å². The fourth-order valence-electron chi connectivity index (χ4n) is 2.35. The summed E-state index contributed by atoms with van der Waals surface area (Å²) in [7, 11) is 1.86. The molecule has 0 saturated carbocycles. The van der Waals surface area contributed by atoms with Crippen LogP contribution in [0.4, 0.5) is 0 Å². The number of hydrogen-bond acceptors (Lipinski definition) is 3. The maximum Gasteiger partial charge on any atom is 0.236 e. The van der Waals surface area contributed by atoms with Gasteiger partial charge in [-0.05, 0) is 24.6 Å². The second kappa shape index (κ2) is 10.3. The van der Waals surface area contributed by atoms with E-state index in [-0.39, 0.29) is 36.8 Å². The molecular formula is C15H24Cl3N3O. The van der Waals surface area contributed by atoms with Gasteiger partial charge >= 0.3 is 0 Å². The van der Waals surface area contributed by atoms with Crippen molar-refractivity contribution in [1.29, 1.82) is 0 Å². The number of hydrogen-bond donors (Lipinski definition) is 1. The summed E-state index contributed by atoms with van der Waals surface area (Å²) in [6.07, 6.45) is 0. The Bertz CT molecular complexity index is 450. The van der Waals surface area contributed by atoms with E-state index in [0.717, 1.165) is 36.8 Å². The number of piperazine rings is 1. The Morgan fingerprint density at radius 2 is 1.82 bits per heavy atom. The number of rotatable bonds is 4. The highest BCUT2D eigenvalue weighted by atomic mass is 35.5. The van der Waals surface area contributed by atoms with Gasteiger partial charge in [0.2, 0.25) is 5.91 Å². The first-order chi connectivity index (χ1) is 9.58. The van der Waals surface area contributed by atoms with E-state index >= 15 is 0 Å². The van der Waals surface area contributed by atoms with E-state index in [1.807, 2.05) is 43.1 Å². The summed E-state index contributed by atoms with van der Waals surface area (Å²) >= 11 is 5.89. The maximum atomic E-state index is 12.3. The summed E-state index contributed by atoms with van der Waals surface area (Å²) in [5.74, 6) is 0.161. The zero-order valence-corrected chi connectivity index (χ0v) is 15.3. The SMILES string of the molecule is CC(c1ccc(Cl)cc1)N(C)C(=O)CN1CCNCC1.Cl.Cl. The molecule has 126 valence electrons. The second-order valence-corrected chi connectivity index (χ2v) is 5.69.